The molecule has 3 rings (SSSR count). The third kappa shape index (κ3) is 2.87. The molecule has 0 saturated heterocycles. The molecule has 0 aliphatic rings. The highest BCUT2D eigenvalue weighted by molar-refractivity contribution is 7.09. The van der Waals surface area contributed by atoms with E-state index < -0.39 is 0 Å². The lowest BCUT2D eigenvalue weighted by atomic mass is 10.2. The summed E-state index contributed by atoms with van der Waals surface area (Å²) < 4.78 is 7.50. The number of nitrogens with zero attached hydrogens (tertiary/aromatic N) is 4. The molecule has 0 aliphatic heterocycles. The van der Waals surface area contributed by atoms with Gasteiger partial charge in [0.2, 0.25) is 5.88 Å². The number of aryl methyl sites for hydroxylation is 1. The second-order valence-corrected chi connectivity index (χ2v) is 6.01. The lowest BCUT2D eigenvalue weighted by Crippen LogP contribution is -2.08. The molecule has 3 heterocycles. The summed E-state index contributed by atoms with van der Waals surface area (Å²) in [6.45, 7) is 6.70. The van der Waals surface area contributed by atoms with Crippen molar-refractivity contribution in [3.8, 4) is 17.3 Å². The SMILES string of the molecule is CCOc1ccc(-c2nccn2[C@H](C)c2csc(C)n2)cn1. The van der Waals surface area contributed by atoms with Gasteiger partial charge in [-0.15, -0.1) is 11.3 Å². The zero-order chi connectivity index (χ0) is 15.5. The van der Waals surface area contributed by atoms with Crippen LogP contribution < -0.4 is 4.74 Å². The third-order valence-electron chi connectivity index (χ3n) is 3.44. The van der Waals surface area contributed by atoms with Crippen LogP contribution >= 0.6 is 11.3 Å². The number of rotatable bonds is 5. The fraction of sp³-hybridized carbons (Fsp3) is 0.312. The summed E-state index contributed by atoms with van der Waals surface area (Å²) in [5.41, 5.74) is 2.02. The van der Waals surface area contributed by atoms with E-state index in [-0.39, 0.29) is 6.04 Å². The first-order valence-corrected chi connectivity index (χ1v) is 8.11. The summed E-state index contributed by atoms with van der Waals surface area (Å²) in [5, 5.41) is 3.17. The van der Waals surface area contributed by atoms with Crippen LogP contribution in [0.2, 0.25) is 0 Å². The highest BCUT2D eigenvalue weighted by Crippen LogP contribution is 2.26. The third-order valence-corrected chi connectivity index (χ3v) is 4.23. The number of ether oxygens (including phenoxy) is 1. The maximum Gasteiger partial charge on any atom is 0.213 e. The van der Waals surface area contributed by atoms with Gasteiger partial charge in [0.15, 0.2) is 0 Å². The van der Waals surface area contributed by atoms with Gasteiger partial charge in [-0.2, -0.15) is 0 Å². The van der Waals surface area contributed by atoms with Crippen LogP contribution in [0.1, 0.15) is 30.6 Å². The summed E-state index contributed by atoms with van der Waals surface area (Å²) in [5.74, 6) is 1.52. The molecule has 0 amide bonds. The van der Waals surface area contributed by atoms with E-state index in [1.807, 2.05) is 38.4 Å². The minimum Gasteiger partial charge on any atom is -0.478 e. The maximum atomic E-state index is 5.38. The summed E-state index contributed by atoms with van der Waals surface area (Å²) >= 11 is 1.67. The monoisotopic (exact) mass is 314 g/mol. The van der Waals surface area contributed by atoms with E-state index in [2.05, 4.69) is 31.8 Å². The van der Waals surface area contributed by atoms with Crippen LogP contribution in [-0.2, 0) is 0 Å². The van der Waals surface area contributed by atoms with Crippen molar-refractivity contribution in [2.45, 2.75) is 26.8 Å². The van der Waals surface area contributed by atoms with E-state index in [9.17, 15) is 0 Å². The van der Waals surface area contributed by atoms with Crippen LogP contribution in [-0.4, -0.2) is 26.1 Å². The van der Waals surface area contributed by atoms with E-state index in [0.29, 0.717) is 12.5 Å². The summed E-state index contributed by atoms with van der Waals surface area (Å²) in [6.07, 6.45) is 5.58. The Hall–Kier alpha value is -2.21. The Morgan fingerprint density at radius 2 is 2.18 bits per heavy atom. The average molecular weight is 314 g/mol. The molecular formula is C16H18N4OS. The minimum atomic E-state index is 0.133. The smallest absolute Gasteiger partial charge is 0.213 e. The van der Waals surface area contributed by atoms with Gasteiger partial charge in [-0.3, -0.25) is 0 Å². The van der Waals surface area contributed by atoms with E-state index in [4.69, 9.17) is 4.74 Å². The Balaban J connectivity index is 1.91. The second-order valence-electron chi connectivity index (χ2n) is 4.94. The highest BCUT2D eigenvalue weighted by Gasteiger charge is 2.16. The van der Waals surface area contributed by atoms with Crippen LogP contribution in [0.4, 0.5) is 0 Å². The number of hydrogen-bond acceptors (Lipinski definition) is 5. The molecule has 0 saturated carbocycles. The first-order valence-electron chi connectivity index (χ1n) is 7.23. The molecule has 6 heteroatoms. The quantitative estimate of drug-likeness (QED) is 0.720. The number of imidazole rings is 1. The van der Waals surface area contributed by atoms with Gasteiger partial charge in [-0.1, -0.05) is 0 Å². The van der Waals surface area contributed by atoms with Crippen LogP contribution in [0.25, 0.3) is 11.4 Å². The molecule has 22 heavy (non-hydrogen) atoms. The average Bonchev–Trinajstić information content (AvgIpc) is 3.16. The zero-order valence-corrected chi connectivity index (χ0v) is 13.7. The maximum absolute atomic E-state index is 5.38. The van der Waals surface area contributed by atoms with Crippen LogP contribution in [0, 0.1) is 6.92 Å². The van der Waals surface area contributed by atoms with Crippen molar-refractivity contribution in [3.05, 3.63) is 46.8 Å². The molecule has 0 spiro atoms. The molecular weight excluding hydrogens is 296 g/mol. The lowest BCUT2D eigenvalue weighted by molar-refractivity contribution is 0.327. The van der Waals surface area contributed by atoms with Crippen molar-refractivity contribution >= 4 is 11.3 Å². The minimum absolute atomic E-state index is 0.133. The predicted molar refractivity (Wildman–Crippen MR) is 87.3 cm³/mol. The molecule has 0 aromatic carbocycles. The predicted octanol–water partition coefficient (Wildman–Crippen LogP) is 3.72. The van der Waals surface area contributed by atoms with Crippen LogP contribution in [0.15, 0.2) is 36.1 Å². The Kier molecular flexibility index (Phi) is 4.20. The molecule has 0 bridgehead atoms. The number of thiazole rings is 1. The fourth-order valence-corrected chi connectivity index (χ4v) is 3.01. The molecule has 0 fully saturated rings. The molecule has 3 aromatic heterocycles. The molecule has 3 aromatic rings. The molecule has 5 nitrogen and oxygen atoms in total. The van der Waals surface area contributed by atoms with Gasteiger partial charge >= 0.3 is 0 Å². The normalized spacial score (nSPS) is 12.3. The van der Waals surface area contributed by atoms with Gasteiger partial charge in [-0.25, -0.2) is 15.0 Å². The van der Waals surface area contributed by atoms with Crippen molar-refractivity contribution in [2.24, 2.45) is 0 Å². The molecule has 114 valence electrons. The largest absolute Gasteiger partial charge is 0.478 e. The number of hydrogen-bond donors (Lipinski definition) is 0. The summed E-state index contributed by atoms with van der Waals surface area (Å²) in [6, 6.07) is 3.99. The van der Waals surface area contributed by atoms with Gasteiger partial charge < -0.3 is 9.30 Å². The molecule has 1 atom stereocenters. The van der Waals surface area contributed by atoms with Crippen LogP contribution in [0.5, 0.6) is 5.88 Å². The van der Waals surface area contributed by atoms with E-state index in [1.54, 1.807) is 17.5 Å². The van der Waals surface area contributed by atoms with Crippen LogP contribution in [0.3, 0.4) is 0 Å². The number of pyridine rings is 1. The molecule has 0 unspecified atom stereocenters. The van der Waals surface area contributed by atoms with Crippen molar-refractivity contribution in [2.75, 3.05) is 6.61 Å². The summed E-state index contributed by atoms with van der Waals surface area (Å²) in [4.78, 5) is 13.4. The van der Waals surface area contributed by atoms with E-state index in [1.165, 1.54) is 0 Å². The topological polar surface area (TPSA) is 52.8 Å². The van der Waals surface area contributed by atoms with E-state index >= 15 is 0 Å². The zero-order valence-electron chi connectivity index (χ0n) is 12.9. The second kappa shape index (κ2) is 6.27. The Labute approximate surface area is 133 Å². The molecule has 0 radical (unpaired) electrons. The van der Waals surface area contributed by atoms with Gasteiger partial charge in [0.25, 0.3) is 0 Å². The Morgan fingerprint density at radius 1 is 1.32 bits per heavy atom. The van der Waals surface area contributed by atoms with Gasteiger partial charge in [-0.05, 0) is 26.8 Å². The van der Waals surface area contributed by atoms with Crippen molar-refractivity contribution in [3.63, 3.8) is 0 Å². The Morgan fingerprint density at radius 3 is 2.82 bits per heavy atom. The van der Waals surface area contributed by atoms with Gasteiger partial charge in [0.05, 0.1) is 23.4 Å². The van der Waals surface area contributed by atoms with E-state index in [0.717, 1.165) is 22.1 Å². The Bertz CT molecular complexity index is 748. The highest BCUT2D eigenvalue weighted by atomic mass is 32.1. The lowest BCUT2D eigenvalue weighted by Gasteiger charge is -2.14. The van der Waals surface area contributed by atoms with Crippen molar-refractivity contribution in [1.29, 1.82) is 0 Å². The first-order chi connectivity index (χ1) is 10.7. The standard InChI is InChI=1S/C16H18N4OS/c1-4-21-15-6-5-13(9-18-15)16-17-7-8-20(16)11(2)14-10-22-12(3)19-14/h5-11H,4H2,1-3H3/t11-/m1/s1. The van der Waals surface area contributed by atoms with Crippen molar-refractivity contribution in [1.82, 2.24) is 19.5 Å². The number of aromatic nitrogens is 4. The fourth-order valence-electron chi connectivity index (χ4n) is 2.31. The van der Waals surface area contributed by atoms with Gasteiger partial charge in [0.1, 0.15) is 5.82 Å². The molecule has 0 N–H and O–H groups in total. The first kappa shape index (κ1) is 14.7. The van der Waals surface area contributed by atoms with Gasteiger partial charge in [0, 0.05) is 35.6 Å². The summed E-state index contributed by atoms with van der Waals surface area (Å²) in [7, 11) is 0. The molecule has 0 aliphatic carbocycles. The van der Waals surface area contributed by atoms with Crippen molar-refractivity contribution < 1.29 is 4.74 Å².